The van der Waals surface area contributed by atoms with Crippen molar-refractivity contribution in [2.75, 3.05) is 4.43 Å². The number of aliphatic hydroxyl groups excluding tert-OH is 1. The Bertz CT molecular complexity index is 1170. The molecule has 4 rings (SSSR count). The summed E-state index contributed by atoms with van der Waals surface area (Å²) in [5.41, 5.74) is 0.749. The van der Waals surface area contributed by atoms with Crippen LogP contribution in [0.25, 0.3) is 0 Å². The highest BCUT2D eigenvalue weighted by atomic mass is 127. The fourth-order valence-electron chi connectivity index (χ4n) is 3.72. The first kappa shape index (κ1) is 25.8. The van der Waals surface area contributed by atoms with Crippen LogP contribution in [0.3, 0.4) is 0 Å². The molecule has 8 nitrogen and oxygen atoms in total. The van der Waals surface area contributed by atoms with Gasteiger partial charge in [-0.25, -0.2) is 14.4 Å². The standard InChI is InChI=1S/C27H23IO8/c28-16-20-21(34-24(29)17-10-4-1-5-11-17)22(35-25(30)18-12-6-2-7-13-18)23(27(32)33-20)36-26(31)19-14-8-3-9-15-19/h1-15,20-23,27,32H,16H2/t20-,21-,22-,23+,27-/m1/s1. The molecule has 1 saturated heterocycles. The molecular weight excluding hydrogens is 579 g/mol. The highest BCUT2D eigenvalue weighted by Crippen LogP contribution is 2.30. The monoisotopic (exact) mass is 602 g/mol. The predicted molar refractivity (Wildman–Crippen MR) is 137 cm³/mol. The first-order valence-corrected chi connectivity index (χ1v) is 12.7. The molecule has 1 heterocycles. The van der Waals surface area contributed by atoms with Crippen LogP contribution in [0.1, 0.15) is 31.1 Å². The molecular formula is C27H23IO8. The zero-order valence-electron chi connectivity index (χ0n) is 18.9. The van der Waals surface area contributed by atoms with Crippen LogP contribution in [0.15, 0.2) is 91.0 Å². The molecule has 1 aliphatic rings. The summed E-state index contributed by atoms with van der Waals surface area (Å²) in [6, 6.07) is 24.6. The van der Waals surface area contributed by atoms with Crippen molar-refractivity contribution in [3.05, 3.63) is 108 Å². The van der Waals surface area contributed by atoms with Gasteiger partial charge in [0.05, 0.1) is 16.7 Å². The van der Waals surface area contributed by atoms with Gasteiger partial charge >= 0.3 is 17.9 Å². The normalized spacial score (nSPS) is 23.3. The molecule has 0 saturated carbocycles. The van der Waals surface area contributed by atoms with Gasteiger partial charge in [-0.05, 0) is 36.4 Å². The Morgan fingerprint density at radius 3 is 1.39 bits per heavy atom. The van der Waals surface area contributed by atoms with E-state index in [2.05, 4.69) is 0 Å². The highest BCUT2D eigenvalue weighted by Gasteiger charge is 2.51. The summed E-state index contributed by atoms with van der Waals surface area (Å²) in [5, 5.41) is 10.8. The van der Waals surface area contributed by atoms with Crippen LogP contribution < -0.4 is 0 Å². The first-order valence-electron chi connectivity index (χ1n) is 11.2. The number of ether oxygens (including phenoxy) is 4. The third-order valence-electron chi connectivity index (χ3n) is 5.52. The molecule has 0 amide bonds. The molecule has 1 N–H and O–H groups in total. The van der Waals surface area contributed by atoms with Crippen molar-refractivity contribution in [1.29, 1.82) is 0 Å². The lowest BCUT2D eigenvalue weighted by Crippen LogP contribution is -2.62. The zero-order valence-corrected chi connectivity index (χ0v) is 21.1. The van der Waals surface area contributed by atoms with Crippen molar-refractivity contribution >= 4 is 40.5 Å². The van der Waals surface area contributed by atoms with Gasteiger partial charge in [0.15, 0.2) is 24.6 Å². The Kier molecular flexibility index (Phi) is 8.68. The van der Waals surface area contributed by atoms with E-state index >= 15 is 0 Å². The predicted octanol–water partition coefficient (Wildman–Crippen LogP) is 3.82. The lowest BCUT2D eigenvalue weighted by Gasteiger charge is -2.42. The molecule has 0 bridgehead atoms. The van der Waals surface area contributed by atoms with Crippen LogP contribution in [0, 0.1) is 0 Å². The van der Waals surface area contributed by atoms with E-state index in [4.69, 9.17) is 18.9 Å². The molecule has 186 valence electrons. The molecule has 0 aliphatic carbocycles. The molecule has 0 aromatic heterocycles. The number of carbonyl (C=O) groups is 3. The molecule has 0 spiro atoms. The zero-order chi connectivity index (χ0) is 25.5. The molecule has 9 heteroatoms. The average Bonchev–Trinajstić information content (AvgIpc) is 2.93. The largest absolute Gasteiger partial charge is 0.452 e. The highest BCUT2D eigenvalue weighted by molar-refractivity contribution is 14.1. The minimum absolute atomic E-state index is 0.228. The minimum atomic E-state index is -1.63. The van der Waals surface area contributed by atoms with E-state index in [1.165, 1.54) is 0 Å². The number of hydrogen-bond donors (Lipinski definition) is 1. The average molecular weight is 602 g/mol. The Morgan fingerprint density at radius 1 is 0.639 bits per heavy atom. The van der Waals surface area contributed by atoms with Crippen molar-refractivity contribution in [2.24, 2.45) is 0 Å². The van der Waals surface area contributed by atoms with Crippen LogP contribution in [-0.2, 0) is 18.9 Å². The van der Waals surface area contributed by atoms with Crippen molar-refractivity contribution in [2.45, 2.75) is 30.7 Å². The lowest BCUT2D eigenvalue weighted by atomic mass is 9.98. The number of halogens is 1. The van der Waals surface area contributed by atoms with Crippen LogP contribution in [0.2, 0.25) is 0 Å². The van der Waals surface area contributed by atoms with E-state index in [0.29, 0.717) is 4.43 Å². The van der Waals surface area contributed by atoms with E-state index in [1.54, 1.807) is 91.0 Å². The Labute approximate surface area is 221 Å². The minimum Gasteiger partial charge on any atom is -0.452 e. The number of esters is 3. The van der Waals surface area contributed by atoms with Crippen LogP contribution >= 0.6 is 22.6 Å². The second-order valence-electron chi connectivity index (χ2n) is 7.93. The van der Waals surface area contributed by atoms with E-state index in [1.807, 2.05) is 22.6 Å². The van der Waals surface area contributed by atoms with Crippen molar-refractivity contribution in [3.8, 4) is 0 Å². The summed E-state index contributed by atoms with van der Waals surface area (Å²) in [6.07, 6.45) is -6.44. The maximum atomic E-state index is 13.0. The van der Waals surface area contributed by atoms with Gasteiger partial charge in [-0.3, -0.25) is 0 Å². The second kappa shape index (κ2) is 12.1. The quantitative estimate of drug-likeness (QED) is 0.188. The fraction of sp³-hybridized carbons (Fsp3) is 0.222. The van der Waals surface area contributed by atoms with Gasteiger partial charge < -0.3 is 24.1 Å². The maximum absolute atomic E-state index is 13.0. The third kappa shape index (κ3) is 6.10. The lowest BCUT2D eigenvalue weighted by molar-refractivity contribution is -0.274. The van der Waals surface area contributed by atoms with Crippen molar-refractivity contribution in [1.82, 2.24) is 0 Å². The van der Waals surface area contributed by atoms with Gasteiger partial charge in [0.1, 0.15) is 6.10 Å². The van der Waals surface area contributed by atoms with Gasteiger partial charge in [-0.1, -0.05) is 77.2 Å². The van der Waals surface area contributed by atoms with Gasteiger partial charge in [-0.2, -0.15) is 0 Å². The molecule has 3 aromatic rings. The van der Waals surface area contributed by atoms with Crippen molar-refractivity contribution < 1.29 is 38.4 Å². The molecule has 0 unspecified atom stereocenters. The van der Waals surface area contributed by atoms with Gasteiger partial charge in [-0.15, -0.1) is 0 Å². The van der Waals surface area contributed by atoms with Crippen molar-refractivity contribution in [3.63, 3.8) is 0 Å². The second-order valence-corrected chi connectivity index (χ2v) is 8.81. The summed E-state index contributed by atoms with van der Waals surface area (Å²) in [7, 11) is 0. The van der Waals surface area contributed by atoms with Crippen LogP contribution in [-0.4, -0.2) is 58.1 Å². The summed E-state index contributed by atoms with van der Waals surface area (Å²) >= 11 is 2.01. The number of alkyl halides is 1. The summed E-state index contributed by atoms with van der Waals surface area (Å²) in [5.74, 6) is -2.17. The van der Waals surface area contributed by atoms with E-state index in [9.17, 15) is 19.5 Å². The fourth-order valence-corrected chi connectivity index (χ4v) is 4.43. The summed E-state index contributed by atoms with van der Waals surface area (Å²) < 4.78 is 23.0. The van der Waals surface area contributed by atoms with E-state index < -0.39 is 48.6 Å². The molecule has 1 fully saturated rings. The summed E-state index contributed by atoms with van der Waals surface area (Å²) in [6.45, 7) is 0. The Hall–Kier alpha value is -3.28. The van der Waals surface area contributed by atoms with E-state index in [-0.39, 0.29) is 16.7 Å². The Morgan fingerprint density at radius 2 is 1.00 bits per heavy atom. The Balaban J connectivity index is 1.66. The van der Waals surface area contributed by atoms with E-state index in [0.717, 1.165) is 0 Å². The number of carbonyl (C=O) groups excluding carboxylic acids is 3. The molecule has 1 aliphatic heterocycles. The third-order valence-corrected chi connectivity index (χ3v) is 6.39. The number of aliphatic hydroxyl groups is 1. The topological polar surface area (TPSA) is 108 Å². The summed E-state index contributed by atoms with van der Waals surface area (Å²) in [4.78, 5) is 38.7. The van der Waals surface area contributed by atoms with Gasteiger partial charge in [0.2, 0.25) is 0 Å². The maximum Gasteiger partial charge on any atom is 0.338 e. The molecule has 0 radical (unpaired) electrons. The van der Waals surface area contributed by atoms with Crippen LogP contribution in [0.4, 0.5) is 0 Å². The number of hydrogen-bond acceptors (Lipinski definition) is 8. The van der Waals surface area contributed by atoms with Gasteiger partial charge in [0, 0.05) is 4.43 Å². The molecule has 36 heavy (non-hydrogen) atoms. The van der Waals surface area contributed by atoms with Gasteiger partial charge in [0.25, 0.3) is 0 Å². The first-order chi connectivity index (χ1) is 17.5. The number of benzene rings is 3. The van der Waals surface area contributed by atoms with Crippen LogP contribution in [0.5, 0.6) is 0 Å². The molecule has 3 aromatic carbocycles. The smallest absolute Gasteiger partial charge is 0.338 e. The molecule has 5 atom stereocenters. The SMILES string of the molecule is O=C(O[C@H]1[C@H](OC(=O)c2ccccc2)[C@H](O)O[C@H](CI)[C@H]1OC(=O)c1ccccc1)c1ccccc1. The number of rotatable bonds is 7.